The van der Waals surface area contributed by atoms with E-state index in [9.17, 15) is 9.59 Å². The zero-order valence-corrected chi connectivity index (χ0v) is 21.7. The van der Waals surface area contributed by atoms with E-state index in [0.717, 1.165) is 38.9 Å². The molecular weight excluding hydrogens is 488 g/mol. The van der Waals surface area contributed by atoms with Crippen molar-refractivity contribution in [1.82, 2.24) is 23.9 Å². The lowest BCUT2D eigenvalue weighted by molar-refractivity contribution is -0.125. The highest BCUT2D eigenvalue weighted by Gasteiger charge is 2.38. The van der Waals surface area contributed by atoms with Crippen LogP contribution in [0.2, 0.25) is 0 Å². The van der Waals surface area contributed by atoms with Crippen molar-refractivity contribution in [2.45, 2.75) is 39.4 Å². The fourth-order valence-electron chi connectivity index (χ4n) is 4.70. The number of carbonyl (C=O) groups is 2. The summed E-state index contributed by atoms with van der Waals surface area (Å²) in [6, 6.07) is 14.9. The van der Waals surface area contributed by atoms with E-state index >= 15 is 0 Å². The molecule has 1 aliphatic rings. The van der Waals surface area contributed by atoms with Crippen molar-refractivity contribution in [1.29, 1.82) is 0 Å². The number of likely N-dealkylation sites (N-methyl/N-ethyl adjacent to an activating group) is 1. The molecule has 0 spiro atoms. The minimum Gasteiger partial charge on any atom is -0.459 e. The number of fused-ring (bicyclic) bond motifs is 4. The molecule has 0 radical (unpaired) electrons. The standard InChI is InChI=1S/C25H22N6O3S.C2H6/c1-26-24(32)22-11-17-16-4-2-3-5-18(16)28-21(17)13-31(22)25(33)23-14(8-9-34-23)12-27-15-6-7-19-20(10-15)30-35-29-19;1-2/h2-10,22,27-28H,11-13H2,1H3,(H,26,32);1-2H3/t22-;/m1./s1. The molecule has 10 heteroatoms. The summed E-state index contributed by atoms with van der Waals surface area (Å²) in [5.41, 5.74) is 6.26. The Labute approximate surface area is 218 Å². The Kier molecular flexibility index (Phi) is 6.91. The maximum Gasteiger partial charge on any atom is 0.290 e. The minimum atomic E-state index is -0.635. The Morgan fingerprint density at radius 1 is 1.14 bits per heavy atom. The number of benzene rings is 2. The van der Waals surface area contributed by atoms with Gasteiger partial charge in [0, 0.05) is 47.9 Å². The van der Waals surface area contributed by atoms with Crippen LogP contribution >= 0.6 is 11.7 Å². The third kappa shape index (κ3) is 4.55. The Morgan fingerprint density at radius 2 is 1.95 bits per heavy atom. The van der Waals surface area contributed by atoms with Crippen molar-refractivity contribution in [2.75, 3.05) is 12.4 Å². The van der Waals surface area contributed by atoms with Gasteiger partial charge in [-0.3, -0.25) is 9.59 Å². The molecule has 0 fully saturated rings. The van der Waals surface area contributed by atoms with Crippen LogP contribution in [0.4, 0.5) is 5.69 Å². The molecule has 0 bridgehead atoms. The van der Waals surface area contributed by atoms with E-state index in [4.69, 9.17) is 4.42 Å². The van der Waals surface area contributed by atoms with Crippen LogP contribution in [-0.4, -0.2) is 43.5 Å². The minimum absolute atomic E-state index is 0.203. The molecule has 3 N–H and O–H groups in total. The summed E-state index contributed by atoms with van der Waals surface area (Å²) in [5.74, 6) is -0.295. The van der Waals surface area contributed by atoms with Gasteiger partial charge in [0.2, 0.25) is 5.91 Å². The van der Waals surface area contributed by atoms with Gasteiger partial charge in [-0.2, -0.15) is 8.75 Å². The van der Waals surface area contributed by atoms with Crippen LogP contribution in [0.3, 0.4) is 0 Å². The lowest BCUT2D eigenvalue weighted by Gasteiger charge is -2.34. The second-order valence-corrected chi connectivity index (χ2v) is 9.02. The molecule has 1 atom stereocenters. The fraction of sp³-hybridized carbons (Fsp3) is 0.259. The van der Waals surface area contributed by atoms with Gasteiger partial charge in [-0.1, -0.05) is 32.0 Å². The van der Waals surface area contributed by atoms with E-state index in [1.807, 2.05) is 56.3 Å². The van der Waals surface area contributed by atoms with E-state index in [1.54, 1.807) is 18.0 Å². The lowest BCUT2D eigenvalue weighted by atomic mass is 9.95. The van der Waals surface area contributed by atoms with Crippen LogP contribution in [0.25, 0.3) is 21.9 Å². The number of furan rings is 1. The number of H-pyrrole nitrogens is 1. The summed E-state index contributed by atoms with van der Waals surface area (Å²) >= 11 is 1.17. The predicted octanol–water partition coefficient (Wildman–Crippen LogP) is 4.72. The van der Waals surface area contributed by atoms with Crippen molar-refractivity contribution in [2.24, 2.45) is 0 Å². The zero-order chi connectivity index (χ0) is 25.9. The van der Waals surface area contributed by atoms with E-state index < -0.39 is 6.04 Å². The average Bonchev–Trinajstić information content (AvgIpc) is 3.69. The Morgan fingerprint density at radius 3 is 2.78 bits per heavy atom. The first-order chi connectivity index (χ1) is 18.1. The number of hydrogen-bond donors (Lipinski definition) is 3. The number of aromatic amines is 1. The van der Waals surface area contributed by atoms with Gasteiger partial charge >= 0.3 is 0 Å². The molecule has 5 aromatic rings. The van der Waals surface area contributed by atoms with Crippen LogP contribution in [0.15, 0.2) is 59.2 Å². The Balaban J connectivity index is 0.00000137. The number of nitrogens with zero attached hydrogens (tertiary/aromatic N) is 3. The number of carbonyl (C=O) groups excluding carboxylic acids is 2. The molecular formula is C27H28N6O3S. The molecule has 37 heavy (non-hydrogen) atoms. The number of hydrogen-bond acceptors (Lipinski definition) is 7. The van der Waals surface area contributed by atoms with Crippen LogP contribution in [0.5, 0.6) is 0 Å². The van der Waals surface area contributed by atoms with E-state index in [1.165, 1.54) is 18.0 Å². The van der Waals surface area contributed by atoms with Crippen molar-refractivity contribution in [3.05, 3.63) is 77.4 Å². The molecule has 0 saturated heterocycles. The highest BCUT2D eigenvalue weighted by Crippen LogP contribution is 2.32. The first-order valence-corrected chi connectivity index (χ1v) is 13.0. The number of aromatic nitrogens is 3. The van der Waals surface area contributed by atoms with Gasteiger partial charge in [0.1, 0.15) is 17.1 Å². The second kappa shape index (κ2) is 10.4. The molecule has 2 aromatic carbocycles. The molecule has 4 heterocycles. The predicted molar refractivity (Wildman–Crippen MR) is 145 cm³/mol. The van der Waals surface area contributed by atoms with E-state index in [2.05, 4.69) is 24.4 Å². The van der Waals surface area contributed by atoms with Gasteiger partial charge in [0.15, 0.2) is 5.76 Å². The quantitative estimate of drug-likeness (QED) is 0.311. The first-order valence-electron chi connectivity index (χ1n) is 12.3. The second-order valence-electron chi connectivity index (χ2n) is 8.49. The summed E-state index contributed by atoms with van der Waals surface area (Å²) in [5, 5.41) is 7.12. The van der Waals surface area contributed by atoms with Crippen molar-refractivity contribution < 1.29 is 14.0 Å². The molecule has 2 amide bonds. The lowest BCUT2D eigenvalue weighted by Crippen LogP contribution is -2.52. The van der Waals surface area contributed by atoms with Crippen LogP contribution < -0.4 is 10.6 Å². The van der Waals surface area contributed by atoms with Crippen LogP contribution in [0.1, 0.15) is 41.2 Å². The summed E-state index contributed by atoms with van der Waals surface area (Å²) in [6.45, 7) is 4.68. The van der Waals surface area contributed by atoms with Gasteiger partial charge in [-0.05, 0) is 35.9 Å². The highest BCUT2D eigenvalue weighted by atomic mass is 32.1. The topological polar surface area (TPSA) is 116 Å². The largest absolute Gasteiger partial charge is 0.459 e. The molecule has 0 saturated carbocycles. The number of rotatable bonds is 5. The molecule has 0 aliphatic carbocycles. The fourth-order valence-corrected chi connectivity index (χ4v) is 5.22. The molecule has 3 aromatic heterocycles. The van der Waals surface area contributed by atoms with Gasteiger partial charge in [-0.15, -0.1) is 0 Å². The van der Waals surface area contributed by atoms with Crippen molar-refractivity contribution >= 4 is 51.2 Å². The zero-order valence-electron chi connectivity index (χ0n) is 20.9. The first kappa shape index (κ1) is 24.5. The van der Waals surface area contributed by atoms with Crippen LogP contribution in [-0.2, 0) is 24.3 Å². The van der Waals surface area contributed by atoms with Gasteiger partial charge in [0.25, 0.3) is 5.91 Å². The summed E-state index contributed by atoms with van der Waals surface area (Å²) in [6.07, 6.45) is 1.94. The molecule has 190 valence electrons. The molecule has 9 nitrogen and oxygen atoms in total. The summed E-state index contributed by atoms with van der Waals surface area (Å²) in [4.78, 5) is 31.5. The third-order valence-electron chi connectivity index (χ3n) is 6.49. The smallest absolute Gasteiger partial charge is 0.290 e. The van der Waals surface area contributed by atoms with Crippen molar-refractivity contribution in [3.8, 4) is 0 Å². The Bertz CT molecular complexity index is 1570. The van der Waals surface area contributed by atoms with E-state index in [-0.39, 0.29) is 17.6 Å². The summed E-state index contributed by atoms with van der Waals surface area (Å²) in [7, 11) is 1.59. The number of amides is 2. The monoisotopic (exact) mass is 516 g/mol. The highest BCUT2D eigenvalue weighted by molar-refractivity contribution is 7.00. The summed E-state index contributed by atoms with van der Waals surface area (Å²) < 4.78 is 14.1. The molecule has 6 rings (SSSR count). The average molecular weight is 517 g/mol. The molecule has 1 aliphatic heterocycles. The van der Waals surface area contributed by atoms with E-state index in [0.29, 0.717) is 25.1 Å². The molecule has 0 unspecified atom stereocenters. The maximum absolute atomic E-state index is 13.7. The van der Waals surface area contributed by atoms with Crippen LogP contribution in [0, 0.1) is 0 Å². The number of nitrogens with one attached hydrogen (secondary N) is 3. The SMILES string of the molecule is CC.CNC(=O)[C@H]1Cc2c([nH]c3ccccc23)CN1C(=O)c1occc1CNc1ccc2nsnc2c1. The van der Waals surface area contributed by atoms with Gasteiger partial charge in [-0.25, -0.2) is 0 Å². The maximum atomic E-state index is 13.7. The Hall–Kier alpha value is -4.18. The third-order valence-corrected chi connectivity index (χ3v) is 7.05. The van der Waals surface area contributed by atoms with Gasteiger partial charge in [0.05, 0.1) is 24.5 Å². The van der Waals surface area contributed by atoms with Gasteiger partial charge < -0.3 is 24.9 Å². The number of para-hydroxylation sites is 1. The van der Waals surface area contributed by atoms with Crippen molar-refractivity contribution in [3.63, 3.8) is 0 Å². The number of anilines is 1. The normalized spacial score (nSPS) is 14.7.